The van der Waals surface area contributed by atoms with E-state index in [4.69, 9.17) is 9.47 Å². The molecule has 1 fully saturated rings. The third kappa shape index (κ3) is 5.19. The highest BCUT2D eigenvalue weighted by Gasteiger charge is 2.50. The molecule has 2 aromatic rings. The Morgan fingerprint density at radius 2 is 1.72 bits per heavy atom. The van der Waals surface area contributed by atoms with Crippen LogP contribution in [0.1, 0.15) is 33.1 Å². The van der Waals surface area contributed by atoms with Crippen LogP contribution in [0.4, 0.5) is 13.2 Å². The van der Waals surface area contributed by atoms with Crippen molar-refractivity contribution >= 4 is 21.7 Å². The van der Waals surface area contributed by atoms with Crippen LogP contribution in [0, 0.1) is 0 Å². The van der Waals surface area contributed by atoms with Crippen LogP contribution < -0.4 is 4.74 Å². The summed E-state index contributed by atoms with van der Waals surface area (Å²) in [6.07, 6.45) is -2.60. The lowest BCUT2D eigenvalue weighted by Gasteiger charge is -2.29. The molecule has 3 nitrogen and oxygen atoms in total. The number of benzene rings is 2. The summed E-state index contributed by atoms with van der Waals surface area (Å²) in [6.45, 7) is 2.79. The number of hydrogen-bond donors (Lipinski definition) is 1. The summed E-state index contributed by atoms with van der Waals surface area (Å²) >= 11 is 0. The van der Waals surface area contributed by atoms with Gasteiger partial charge in [0.1, 0.15) is 17.3 Å². The molecule has 7 heteroatoms. The second-order valence-electron chi connectivity index (χ2n) is 7.64. The summed E-state index contributed by atoms with van der Waals surface area (Å²) in [7, 11) is 0.0206. The van der Waals surface area contributed by atoms with Crippen molar-refractivity contribution in [2.75, 3.05) is 24.7 Å². The highest BCUT2D eigenvalue weighted by atomic mass is 32.2. The van der Waals surface area contributed by atoms with Crippen molar-refractivity contribution in [3.63, 3.8) is 0 Å². The molecule has 0 aliphatic carbocycles. The molecule has 1 unspecified atom stereocenters. The fourth-order valence-corrected chi connectivity index (χ4v) is 5.86. The molecule has 160 valence electrons. The Bertz CT molecular complexity index is 815. The highest BCUT2D eigenvalue weighted by Crippen LogP contribution is 2.35. The van der Waals surface area contributed by atoms with E-state index in [9.17, 15) is 18.3 Å². The normalized spacial score (nSPS) is 22.4. The first kappa shape index (κ1) is 22.2. The van der Waals surface area contributed by atoms with Crippen molar-refractivity contribution in [2.24, 2.45) is 0 Å². The lowest BCUT2D eigenvalue weighted by atomic mass is 10.1. The molecule has 0 aromatic heterocycles. The minimum absolute atomic E-state index is 0.0206. The van der Waals surface area contributed by atoms with Crippen LogP contribution in [0.25, 0.3) is 10.8 Å². The number of fused-ring (bicyclic) bond motifs is 1. The Kier molecular flexibility index (Phi) is 7.02. The van der Waals surface area contributed by atoms with Crippen LogP contribution in [-0.4, -0.2) is 47.7 Å². The van der Waals surface area contributed by atoms with E-state index in [1.165, 1.54) is 10.3 Å². The molecule has 0 radical (unpaired) electrons. The zero-order valence-corrected chi connectivity index (χ0v) is 17.6. The van der Waals surface area contributed by atoms with E-state index in [1.54, 1.807) is 0 Å². The maximum atomic E-state index is 12.8. The van der Waals surface area contributed by atoms with Crippen molar-refractivity contribution in [3.8, 4) is 5.75 Å². The van der Waals surface area contributed by atoms with Crippen LogP contribution in [-0.2, 0) is 15.6 Å². The van der Waals surface area contributed by atoms with Crippen LogP contribution in [0.5, 0.6) is 5.75 Å². The van der Waals surface area contributed by atoms with E-state index in [0.717, 1.165) is 36.0 Å². The van der Waals surface area contributed by atoms with E-state index < -0.39 is 18.4 Å². The Balaban J connectivity index is 1.66. The SMILES string of the molecule is CCCOc1ccc([S+]2CCC(OCC(C)(O)C(F)(F)F)CC2)c2ccccc12. The fourth-order valence-electron chi connectivity index (χ4n) is 3.38. The first-order chi connectivity index (χ1) is 13.7. The van der Waals surface area contributed by atoms with Gasteiger partial charge in [-0.2, -0.15) is 13.2 Å². The van der Waals surface area contributed by atoms with Crippen molar-refractivity contribution in [3.05, 3.63) is 36.4 Å². The van der Waals surface area contributed by atoms with Gasteiger partial charge in [-0.1, -0.05) is 25.1 Å². The molecule has 1 aliphatic rings. The number of rotatable bonds is 7. The average Bonchev–Trinajstić information content (AvgIpc) is 2.70. The smallest absolute Gasteiger partial charge is 0.419 e. The minimum Gasteiger partial charge on any atom is -0.493 e. The molecule has 0 saturated carbocycles. The van der Waals surface area contributed by atoms with Gasteiger partial charge >= 0.3 is 6.18 Å². The fraction of sp³-hybridized carbons (Fsp3) is 0.545. The van der Waals surface area contributed by atoms with E-state index >= 15 is 0 Å². The third-order valence-electron chi connectivity index (χ3n) is 5.20. The summed E-state index contributed by atoms with van der Waals surface area (Å²) in [5, 5.41) is 11.8. The minimum atomic E-state index is -4.69. The van der Waals surface area contributed by atoms with Gasteiger partial charge in [-0.05, 0) is 31.5 Å². The molecular formula is C22H28F3O3S+. The predicted molar refractivity (Wildman–Crippen MR) is 111 cm³/mol. The number of aliphatic hydroxyl groups is 1. The molecule has 1 aliphatic heterocycles. The Hall–Kier alpha value is -1.44. The summed E-state index contributed by atoms with van der Waals surface area (Å²) in [6, 6.07) is 12.4. The summed E-state index contributed by atoms with van der Waals surface area (Å²) in [5.41, 5.74) is -2.81. The topological polar surface area (TPSA) is 38.7 Å². The Labute approximate surface area is 172 Å². The van der Waals surface area contributed by atoms with Crippen LogP contribution in [0.3, 0.4) is 0 Å². The number of ether oxygens (including phenoxy) is 2. The quantitative estimate of drug-likeness (QED) is 0.623. The monoisotopic (exact) mass is 429 g/mol. The zero-order valence-electron chi connectivity index (χ0n) is 16.8. The summed E-state index contributed by atoms with van der Waals surface area (Å²) < 4.78 is 49.7. The number of hydrogen-bond acceptors (Lipinski definition) is 3. The van der Waals surface area contributed by atoms with Gasteiger partial charge in [0.05, 0.1) is 19.3 Å². The number of alkyl halides is 3. The van der Waals surface area contributed by atoms with Crippen LogP contribution >= 0.6 is 0 Å². The van der Waals surface area contributed by atoms with Crippen LogP contribution in [0.15, 0.2) is 41.3 Å². The molecule has 0 spiro atoms. The Morgan fingerprint density at radius 1 is 1.07 bits per heavy atom. The molecule has 29 heavy (non-hydrogen) atoms. The molecule has 0 amide bonds. The van der Waals surface area contributed by atoms with E-state index in [-0.39, 0.29) is 17.0 Å². The Morgan fingerprint density at radius 3 is 2.34 bits per heavy atom. The first-order valence-corrected chi connectivity index (χ1v) is 11.5. The summed E-state index contributed by atoms with van der Waals surface area (Å²) in [5.74, 6) is 2.64. The van der Waals surface area contributed by atoms with Gasteiger partial charge in [0.2, 0.25) is 0 Å². The van der Waals surface area contributed by atoms with Crippen molar-refractivity contribution < 1.29 is 27.8 Å². The predicted octanol–water partition coefficient (Wildman–Crippen LogP) is 5.10. The lowest BCUT2D eigenvalue weighted by Crippen LogP contribution is -2.47. The molecule has 1 N–H and O–H groups in total. The molecule has 1 saturated heterocycles. The molecule has 0 bridgehead atoms. The molecule has 3 rings (SSSR count). The van der Waals surface area contributed by atoms with Crippen molar-refractivity contribution in [2.45, 2.75) is 55.9 Å². The van der Waals surface area contributed by atoms with Gasteiger partial charge in [-0.25, -0.2) is 0 Å². The third-order valence-corrected chi connectivity index (χ3v) is 7.64. The van der Waals surface area contributed by atoms with Gasteiger partial charge in [-0.15, -0.1) is 0 Å². The maximum absolute atomic E-state index is 12.8. The lowest BCUT2D eigenvalue weighted by molar-refractivity contribution is -0.271. The highest BCUT2D eigenvalue weighted by molar-refractivity contribution is 7.97. The maximum Gasteiger partial charge on any atom is 0.419 e. The molecule has 2 aromatic carbocycles. The second-order valence-corrected chi connectivity index (χ2v) is 9.88. The largest absolute Gasteiger partial charge is 0.493 e. The van der Waals surface area contributed by atoms with Gasteiger partial charge < -0.3 is 14.6 Å². The van der Waals surface area contributed by atoms with Gasteiger partial charge in [0.25, 0.3) is 0 Å². The van der Waals surface area contributed by atoms with Gasteiger partial charge in [-0.3, -0.25) is 0 Å². The van der Waals surface area contributed by atoms with E-state index in [2.05, 4.69) is 25.1 Å². The first-order valence-electron chi connectivity index (χ1n) is 9.95. The van der Waals surface area contributed by atoms with Crippen molar-refractivity contribution in [1.29, 1.82) is 0 Å². The second kappa shape index (κ2) is 9.14. The standard InChI is InChI=1S/C22H28F3O3S/c1-3-12-27-19-8-9-20(18-7-5-4-6-17(18)19)29-13-10-16(11-14-29)28-15-21(2,26)22(23,24)25/h4-9,16,26H,3,10-15H2,1-2H3/q+1. The van der Waals surface area contributed by atoms with E-state index in [1.807, 2.05) is 18.2 Å². The molecule has 1 atom stereocenters. The molecular weight excluding hydrogens is 401 g/mol. The van der Waals surface area contributed by atoms with E-state index in [0.29, 0.717) is 19.4 Å². The zero-order chi connectivity index (χ0) is 21.1. The number of halogens is 3. The van der Waals surface area contributed by atoms with Crippen molar-refractivity contribution in [1.82, 2.24) is 0 Å². The molecule has 1 heterocycles. The summed E-state index contributed by atoms with van der Waals surface area (Å²) in [4.78, 5) is 1.28. The van der Waals surface area contributed by atoms with Gasteiger partial charge in [0, 0.05) is 34.5 Å². The van der Waals surface area contributed by atoms with Crippen LogP contribution in [0.2, 0.25) is 0 Å². The average molecular weight is 430 g/mol. The van der Waals surface area contributed by atoms with Gasteiger partial charge in [0.15, 0.2) is 10.5 Å².